The summed E-state index contributed by atoms with van der Waals surface area (Å²) in [6.07, 6.45) is 2.72. The summed E-state index contributed by atoms with van der Waals surface area (Å²) >= 11 is 0. The van der Waals surface area contributed by atoms with Gasteiger partial charge in [-0.3, -0.25) is 0 Å². The molecule has 0 aromatic carbocycles. The molecule has 0 aliphatic heterocycles. The summed E-state index contributed by atoms with van der Waals surface area (Å²) in [7, 11) is 0. The molecule has 0 aromatic rings. The van der Waals surface area contributed by atoms with E-state index in [2.05, 4.69) is 0 Å². The first-order valence-corrected chi connectivity index (χ1v) is 7.93. The van der Waals surface area contributed by atoms with E-state index in [9.17, 15) is 30.0 Å². The van der Waals surface area contributed by atoms with Gasteiger partial charge < -0.3 is 30.0 Å². The first-order chi connectivity index (χ1) is 10.4. The van der Waals surface area contributed by atoms with Crippen LogP contribution in [0.2, 0.25) is 0 Å². The van der Waals surface area contributed by atoms with Crippen molar-refractivity contribution in [1.29, 1.82) is 0 Å². The summed E-state index contributed by atoms with van der Waals surface area (Å²) in [6.45, 7) is 0. The minimum absolute atomic E-state index is 0. The van der Waals surface area contributed by atoms with Gasteiger partial charge in [-0.2, -0.15) is 0 Å². The summed E-state index contributed by atoms with van der Waals surface area (Å²) in [6, 6.07) is 0. The Hall–Kier alpha value is 0.600. The van der Waals surface area contributed by atoms with Crippen LogP contribution in [-0.2, 0) is 9.59 Å². The van der Waals surface area contributed by atoms with Crippen LogP contribution in [0.3, 0.4) is 0 Å². The number of carbonyl (C=O) groups is 2. The zero-order valence-electron chi connectivity index (χ0n) is 14.5. The van der Waals surface area contributed by atoms with E-state index in [1.807, 2.05) is 0 Å². The molecule has 0 spiro atoms. The van der Waals surface area contributed by atoms with Gasteiger partial charge in [0.1, 0.15) is 0 Å². The molecule has 0 bridgehead atoms. The number of aliphatic carboxylic acids is 2. The number of hydrogen-bond donors (Lipinski definition) is 2. The molecule has 6 nitrogen and oxygen atoms in total. The van der Waals surface area contributed by atoms with Gasteiger partial charge in [0.25, 0.3) is 0 Å². The summed E-state index contributed by atoms with van der Waals surface area (Å²) in [4.78, 5) is 23.1. The molecule has 0 radical (unpaired) electrons. The van der Waals surface area contributed by atoms with Gasteiger partial charge in [-0.1, -0.05) is 0 Å². The van der Waals surface area contributed by atoms with Crippen molar-refractivity contribution in [2.75, 3.05) is 0 Å². The molecular weight excluding hydrogens is 334 g/mol. The number of aliphatic hydroxyl groups excluding tert-OH is 2. The van der Waals surface area contributed by atoms with Crippen LogP contribution in [-0.4, -0.2) is 34.4 Å². The van der Waals surface area contributed by atoms with Gasteiger partial charge in [-0.15, -0.1) is 0 Å². The topological polar surface area (TPSA) is 121 Å². The number of aliphatic hydroxyl groups is 2. The number of rotatable bonds is 4. The van der Waals surface area contributed by atoms with E-state index < -0.39 is 36.0 Å². The second kappa shape index (κ2) is 11.3. The first kappa shape index (κ1) is 24.6. The molecule has 2 aliphatic rings. The molecule has 2 aliphatic carbocycles. The van der Waals surface area contributed by atoms with Crippen molar-refractivity contribution in [1.82, 2.24) is 0 Å². The molecule has 2 fully saturated rings. The van der Waals surface area contributed by atoms with E-state index in [0.29, 0.717) is 51.4 Å². The van der Waals surface area contributed by atoms with Crippen LogP contribution in [0.5, 0.6) is 0 Å². The molecule has 2 rings (SSSR count). The van der Waals surface area contributed by atoms with E-state index in [1.165, 1.54) is 0 Å². The van der Waals surface area contributed by atoms with Crippen LogP contribution < -0.4 is 69.3 Å². The van der Waals surface area contributed by atoms with Crippen molar-refractivity contribution in [2.24, 2.45) is 11.8 Å². The van der Waals surface area contributed by atoms with Crippen LogP contribution in [0.25, 0.3) is 0 Å². The maximum absolute atomic E-state index is 11.6. The predicted octanol–water partition coefficient (Wildman–Crippen LogP) is -7.11. The Bertz CT molecular complexity index is 421. The minimum atomic E-state index is -1.45. The third kappa shape index (κ3) is 6.40. The fraction of sp³-hybridized carbons (Fsp3) is 0.750. The van der Waals surface area contributed by atoms with Crippen molar-refractivity contribution in [3.8, 4) is 0 Å². The Kier molecular flexibility index (Phi) is 11.6. The fourth-order valence-electron chi connectivity index (χ4n) is 3.72. The maximum atomic E-state index is 11.6. The molecule has 0 unspecified atom stereocenters. The fourth-order valence-corrected chi connectivity index (χ4v) is 3.72. The third-order valence-corrected chi connectivity index (χ3v) is 4.94. The second-order valence-corrected chi connectivity index (χ2v) is 6.41. The average Bonchev–Trinajstić information content (AvgIpc) is 2.46. The van der Waals surface area contributed by atoms with E-state index in [0.717, 1.165) is 0 Å². The van der Waals surface area contributed by atoms with Gasteiger partial charge in [0, 0.05) is 0 Å². The smallest absolute Gasteiger partial charge is 0.545 e. The zero-order chi connectivity index (χ0) is 16.3. The van der Waals surface area contributed by atoms with Crippen molar-refractivity contribution in [3.05, 3.63) is 11.1 Å². The Morgan fingerprint density at radius 2 is 0.875 bits per heavy atom. The first-order valence-electron chi connectivity index (χ1n) is 7.93. The monoisotopic (exact) mass is 356 g/mol. The van der Waals surface area contributed by atoms with E-state index in [-0.39, 0.29) is 70.3 Å². The number of carbonyl (C=O) groups excluding carboxylic acids is 2. The summed E-state index contributed by atoms with van der Waals surface area (Å²) in [5.41, 5.74) is -0.318. The number of carboxylic acids is 2. The molecule has 8 heteroatoms. The van der Waals surface area contributed by atoms with E-state index in [4.69, 9.17) is 0 Å². The van der Waals surface area contributed by atoms with Gasteiger partial charge in [0.15, 0.2) is 0 Å². The molecule has 0 aromatic heterocycles. The Labute approximate surface area is 186 Å². The number of carboxylic acid groups (broad SMARTS) is 2. The molecule has 0 saturated heterocycles. The van der Waals surface area contributed by atoms with Crippen molar-refractivity contribution >= 4 is 11.9 Å². The molecule has 2 saturated carbocycles. The largest absolute Gasteiger partial charge is 1.00 e. The zero-order valence-corrected chi connectivity index (χ0v) is 18.5. The Balaban J connectivity index is 0.00000264. The quantitative estimate of drug-likeness (QED) is 0.381. The Morgan fingerprint density at radius 3 is 1.08 bits per heavy atom. The van der Waals surface area contributed by atoms with Crippen molar-refractivity contribution < 1.29 is 89.1 Å². The maximum Gasteiger partial charge on any atom is 1.00 e. The van der Waals surface area contributed by atoms with Crippen molar-refractivity contribution in [3.63, 3.8) is 0 Å². The SMILES string of the molecule is O=C([O-])C(=C(C(=O)[O-])C1CCC(O)CC1)C1CCC(O)CC1.[Na+].[Na+]. The standard InChI is InChI=1S/C16H24O6.2Na/c17-11-5-1-9(2-6-11)13(15(19)20)14(16(21)22)10-3-7-12(18)8-4-10;;/h9-12,17-18H,1-8H2,(H,19,20)(H,21,22);;/q;2*+1/p-2. The molecule has 2 N–H and O–H groups in total. The third-order valence-electron chi connectivity index (χ3n) is 4.94. The molecule has 0 amide bonds. The molecule has 0 atom stereocenters. The van der Waals surface area contributed by atoms with Crippen LogP contribution in [0.1, 0.15) is 51.4 Å². The van der Waals surface area contributed by atoms with E-state index in [1.54, 1.807) is 0 Å². The Morgan fingerprint density at radius 1 is 0.625 bits per heavy atom. The average molecular weight is 356 g/mol. The van der Waals surface area contributed by atoms with Gasteiger partial charge in [0.05, 0.1) is 24.1 Å². The summed E-state index contributed by atoms with van der Waals surface area (Å²) < 4.78 is 0. The van der Waals surface area contributed by atoms with Crippen LogP contribution >= 0.6 is 0 Å². The number of hydrogen-bond acceptors (Lipinski definition) is 6. The van der Waals surface area contributed by atoms with Crippen molar-refractivity contribution in [2.45, 2.75) is 63.6 Å². The van der Waals surface area contributed by atoms with Crippen LogP contribution in [0.15, 0.2) is 11.1 Å². The molecular formula is C16H22Na2O6. The predicted molar refractivity (Wildman–Crippen MR) is 73.0 cm³/mol. The van der Waals surface area contributed by atoms with Crippen LogP contribution in [0, 0.1) is 11.8 Å². The van der Waals surface area contributed by atoms with Crippen LogP contribution in [0.4, 0.5) is 0 Å². The summed E-state index contributed by atoms with van der Waals surface area (Å²) in [5, 5.41) is 42.2. The molecule has 124 valence electrons. The molecule has 24 heavy (non-hydrogen) atoms. The van der Waals surface area contributed by atoms with Gasteiger partial charge in [-0.25, -0.2) is 0 Å². The minimum Gasteiger partial charge on any atom is -0.545 e. The van der Waals surface area contributed by atoms with E-state index >= 15 is 0 Å². The molecule has 0 heterocycles. The van der Waals surface area contributed by atoms with Gasteiger partial charge in [0.2, 0.25) is 0 Å². The normalized spacial score (nSPS) is 31.1. The summed E-state index contributed by atoms with van der Waals surface area (Å²) in [5.74, 6) is -3.72. The van der Waals surface area contributed by atoms with Gasteiger partial charge >= 0.3 is 59.1 Å². The van der Waals surface area contributed by atoms with Gasteiger partial charge in [-0.05, 0) is 74.3 Å². The second-order valence-electron chi connectivity index (χ2n) is 6.41.